The molecule has 1 aromatic heterocycles. The average molecular weight is 406 g/mol. The largest absolute Gasteiger partial charge is 0.351 e. The molecule has 1 fully saturated rings. The number of nitrogens with zero attached hydrogens (tertiary/aromatic N) is 2. The van der Waals surface area contributed by atoms with Crippen molar-refractivity contribution in [3.63, 3.8) is 0 Å². The van der Waals surface area contributed by atoms with Gasteiger partial charge in [0.2, 0.25) is 5.91 Å². The first-order valence-corrected chi connectivity index (χ1v) is 10.4. The Labute approximate surface area is 168 Å². The van der Waals surface area contributed by atoms with Gasteiger partial charge in [-0.1, -0.05) is 29.8 Å². The van der Waals surface area contributed by atoms with E-state index in [9.17, 15) is 9.59 Å². The van der Waals surface area contributed by atoms with E-state index < -0.39 is 0 Å². The van der Waals surface area contributed by atoms with Gasteiger partial charge in [-0.15, -0.1) is 0 Å². The molecular weight excluding hydrogens is 382 g/mol. The van der Waals surface area contributed by atoms with E-state index in [2.05, 4.69) is 23.2 Å². The Hall–Kier alpha value is -1.89. The number of piperazine rings is 1. The van der Waals surface area contributed by atoms with Crippen LogP contribution in [-0.4, -0.2) is 54.3 Å². The van der Waals surface area contributed by atoms with Gasteiger partial charge in [0.25, 0.3) is 5.91 Å². The normalized spacial score (nSPS) is 16.1. The summed E-state index contributed by atoms with van der Waals surface area (Å²) >= 11 is 7.80. The molecule has 1 unspecified atom stereocenters. The van der Waals surface area contributed by atoms with Gasteiger partial charge in [-0.2, -0.15) is 11.3 Å². The highest BCUT2D eigenvalue weighted by molar-refractivity contribution is 7.08. The minimum atomic E-state index is -0.123. The van der Waals surface area contributed by atoms with Crippen LogP contribution in [0, 0.1) is 0 Å². The molecular formula is C20H24ClN3O2S. The number of rotatable bonds is 6. The maximum atomic E-state index is 12.4. The van der Waals surface area contributed by atoms with Crippen LogP contribution in [0.25, 0.3) is 0 Å². The number of carbonyl (C=O) groups excluding carboxylic acids is 2. The Balaban J connectivity index is 1.42. The van der Waals surface area contributed by atoms with Crippen molar-refractivity contribution in [2.24, 2.45) is 0 Å². The Morgan fingerprint density at radius 3 is 2.59 bits per heavy atom. The third kappa shape index (κ3) is 5.09. The first-order chi connectivity index (χ1) is 13.1. The zero-order valence-electron chi connectivity index (χ0n) is 15.4. The number of hydrogen-bond acceptors (Lipinski definition) is 4. The summed E-state index contributed by atoms with van der Waals surface area (Å²) in [6, 6.07) is 9.91. The second-order valence-electron chi connectivity index (χ2n) is 6.63. The smallest absolute Gasteiger partial charge is 0.252 e. The fourth-order valence-corrected chi connectivity index (χ4v) is 4.24. The lowest BCUT2D eigenvalue weighted by Crippen LogP contribution is -2.49. The lowest BCUT2D eigenvalue weighted by atomic mass is 10.1. The van der Waals surface area contributed by atoms with Crippen LogP contribution in [0.4, 0.5) is 0 Å². The van der Waals surface area contributed by atoms with Crippen LogP contribution in [0.5, 0.6) is 0 Å². The second kappa shape index (κ2) is 9.35. The van der Waals surface area contributed by atoms with Crippen LogP contribution in [0.15, 0.2) is 41.1 Å². The zero-order chi connectivity index (χ0) is 19.2. The zero-order valence-corrected chi connectivity index (χ0v) is 16.9. The first-order valence-electron chi connectivity index (χ1n) is 9.13. The molecule has 0 radical (unpaired) electrons. The molecule has 0 saturated carbocycles. The van der Waals surface area contributed by atoms with Crippen molar-refractivity contribution in [1.29, 1.82) is 0 Å². The molecule has 1 saturated heterocycles. The molecule has 3 rings (SSSR count). The Morgan fingerprint density at radius 1 is 1.19 bits per heavy atom. The van der Waals surface area contributed by atoms with Crippen molar-refractivity contribution >= 4 is 34.8 Å². The van der Waals surface area contributed by atoms with Crippen LogP contribution < -0.4 is 5.32 Å². The first kappa shape index (κ1) is 19.9. The molecule has 1 N–H and O–H groups in total. The molecule has 1 aliphatic heterocycles. The van der Waals surface area contributed by atoms with E-state index in [4.69, 9.17) is 11.6 Å². The standard InChI is InChI=1S/C20H24ClN3O2S/c1-15(17-4-2-3-5-18(17)21)23-9-11-24(12-10-23)19(25)6-8-22-20(26)16-7-13-27-14-16/h2-5,7,13-15H,6,8-12H2,1H3,(H,22,26). The fourth-order valence-electron chi connectivity index (χ4n) is 3.31. The highest BCUT2D eigenvalue weighted by Crippen LogP contribution is 2.27. The Morgan fingerprint density at radius 2 is 1.93 bits per heavy atom. The quantitative estimate of drug-likeness (QED) is 0.801. The average Bonchev–Trinajstić information content (AvgIpc) is 3.23. The SMILES string of the molecule is CC(c1ccccc1Cl)N1CCN(C(=O)CCNC(=O)c2ccsc2)CC1. The van der Waals surface area contributed by atoms with E-state index >= 15 is 0 Å². The highest BCUT2D eigenvalue weighted by Gasteiger charge is 2.25. The van der Waals surface area contributed by atoms with Gasteiger partial charge in [0, 0.05) is 61.2 Å². The van der Waals surface area contributed by atoms with Gasteiger partial charge >= 0.3 is 0 Å². The molecule has 0 aliphatic carbocycles. The van der Waals surface area contributed by atoms with E-state index in [0.717, 1.165) is 23.7 Å². The Bertz CT molecular complexity index is 773. The maximum Gasteiger partial charge on any atom is 0.252 e. The number of thiophene rings is 1. The van der Waals surface area contributed by atoms with E-state index in [1.165, 1.54) is 11.3 Å². The second-order valence-corrected chi connectivity index (χ2v) is 7.82. The molecule has 5 nitrogen and oxygen atoms in total. The summed E-state index contributed by atoms with van der Waals surface area (Å²) in [7, 11) is 0. The van der Waals surface area contributed by atoms with Crippen LogP contribution in [0.3, 0.4) is 0 Å². The van der Waals surface area contributed by atoms with Crippen molar-refractivity contribution in [1.82, 2.24) is 15.1 Å². The molecule has 27 heavy (non-hydrogen) atoms. The van der Waals surface area contributed by atoms with Crippen LogP contribution in [0.2, 0.25) is 5.02 Å². The number of nitrogens with one attached hydrogen (secondary N) is 1. The van der Waals surface area contributed by atoms with Crippen LogP contribution in [0.1, 0.15) is 35.3 Å². The fraction of sp³-hybridized carbons (Fsp3) is 0.400. The van der Waals surface area contributed by atoms with Crippen molar-refractivity contribution in [2.45, 2.75) is 19.4 Å². The number of carbonyl (C=O) groups is 2. The molecule has 1 atom stereocenters. The van der Waals surface area contributed by atoms with Crippen molar-refractivity contribution in [2.75, 3.05) is 32.7 Å². The topological polar surface area (TPSA) is 52.6 Å². The van der Waals surface area contributed by atoms with Gasteiger partial charge in [-0.05, 0) is 30.0 Å². The molecule has 2 aromatic rings. The van der Waals surface area contributed by atoms with E-state index in [0.29, 0.717) is 31.6 Å². The summed E-state index contributed by atoms with van der Waals surface area (Å²) in [5.41, 5.74) is 1.77. The van der Waals surface area contributed by atoms with Crippen LogP contribution >= 0.6 is 22.9 Å². The highest BCUT2D eigenvalue weighted by atomic mass is 35.5. The predicted octanol–water partition coefficient (Wildman–Crippen LogP) is 3.43. The summed E-state index contributed by atoms with van der Waals surface area (Å²) in [6.45, 7) is 5.55. The summed E-state index contributed by atoms with van der Waals surface area (Å²) in [6.07, 6.45) is 0.329. The maximum absolute atomic E-state index is 12.4. The van der Waals surface area contributed by atoms with E-state index in [1.807, 2.05) is 28.5 Å². The number of halogens is 1. The minimum Gasteiger partial charge on any atom is -0.351 e. The monoisotopic (exact) mass is 405 g/mol. The summed E-state index contributed by atoms with van der Waals surface area (Å²) < 4.78 is 0. The lowest BCUT2D eigenvalue weighted by Gasteiger charge is -2.38. The van der Waals surface area contributed by atoms with Gasteiger partial charge < -0.3 is 10.2 Å². The molecule has 1 aromatic carbocycles. The van der Waals surface area contributed by atoms with Crippen molar-refractivity contribution in [3.8, 4) is 0 Å². The van der Waals surface area contributed by atoms with Gasteiger partial charge in [0.1, 0.15) is 0 Å². The number of hydrogen-bond donors (Lipinski definition) is 1. The summed E-state index contributed by atoms with van der Waals surface area (Å²) in [5.74, 6) is -0.0342. The summed E-state index contributed by atoms with van der Waals surface area (Å²) in [5, 5.41) is 7.25. The molecule has 144 valence electrons. The predicted molar refractivity (Wildman–Crippen MR) is 109 cm³/mol. The number of benzene rings is 1. The molecule has 2 amide bonds. The third-order valence-corrected chi connectivity index (χ3v) is 6.01. The molecule has 7 heteroatoms. The molecule has 1 aliphatic rings. The molecule has 0 spiro atoms. The van der Waals surface area contributed by atoms with E-state index in [1.54, 1.807) is 11.4 Å². The third-order valence-electron chi connectivity index (χ3n) is 4.98. The van der Waals surface area contributed by atoms with Gasteiger partial charge in [0.05, 0.1) is 0 Å². The van der Waals surface area contributed by atoms with E-state index in [-0.39, 0.29) is 17.9 Å². The van der Waals surface area contributed by atoms with Gasteiger partial charge in [-0.3, -0.25) is 14.5 Å². The van der Waals surface area contributed by atoms with Crippen LogP contribution in [-0.2, 0) is 4.79 Å². The van der Waals surface area contributed by atoms with Crippen molar-refractivity contribution < 1.29 is 9.59 Å². The molecule has 0 bridgehead atoms. The van der Waals surface area contributed by atoms with Gasteiger partial charge in [-0.25, -0.2) is 0 Å². The minimum absolute atomic E-state index is 0.0886. The Kier molecular flexibility index (Phi) is 6.88. The lowest BCUT2D eigenvalue weighted by molar-refractivity contribution is -0.133. The van der Waals surface area contributed by atoms with Gasteiger partial charge in [0.15, 0.2) is 0 Å². The number of amides is 2. The molecule has 2 heterocycles. The van der Waals surface area contributed by atoms with Crippen molar-refractivity contribution in [3.05, 3.63) is 57.2 Å². The summed E-state index contributed by atoms with van der Waals surface area (Å²) in [4.78, 5) is 28.5.